The van der Waals surface area contributed by atoms with Gasteiger partial charge in [-0.05, 0) is 13.3 Å². The van der Waals surface area contributed by atoms with Crippen molar-refractivity contribution in [2.24, 2.45) is 0 Å². The molecule has 0 aromatic carbocycles. The molecular formula is C9H13ClN2O2. The number of ether oxygens (including phenoxy) is 1. The van der Waals surface area contributed by atoms with Crippen LogP contribution in [0.25, 0.3) is 0 Å². The lowest BCUT2D eigenvalue weighted by Crippen LogP contribution is -2.15. The van der Waals surface area contributed by atoms with E-state index >= 15 is 0 Å². The van der Waals surface area contributed by atoms with Crippen LogP contribution >= 0.6 is 11.6 Å². The second kappa shape index (κ2) is 5.00. The van der Waals surface area contributed by atoms with Gasteiger partial charge in [0.2, 0.25) is 0 Å². The molecule has 0 saturated heterocycles. The summed E-state index contributed by atoms with van der Waals surface area (Å²) < 4.78 is 5.45. The highest BCUT2D eigenvalue weighted by molar-refractivity contribution is 6.31. The van der Waals surface area contributed by atoms with E-state index in [4.69, 9.17) is 16.3 Å². The fourth-order valence-electron chi connectivity index (χ4n) is 1.13. The second-order valence-electron chi connectivity index (χ2n) is 3.09. The van der Waals surface area contributed by atoms with Gasteiger partial charge in [0.05, 0.1) is 12.3 Å². The zero-order chi connectivity index (χ0) is 10.6. The molecule has 1 aromatic rings. The summed E-state index contributed by atoms with van der Waals surface area (Å²) in [6, 6.07) is 0. The first-order valence-corrected chi connectivity index (χ1v) is 4.92. The van der Waals surface area contributed by atoms with E-state index in [1.807, 2.05) is 6.92 Å². The maximum atomic E-state index is 11.0. The minimum Gasteiger partial charge on any atom is -0.487 e. The third-order valence-electron chi connectivity index (χ3n) is 1.79. The molecule has 0 aliphatic rings. The lowest BCUT2D eigenvalue weighted by atomic mass is 10.2. The van der Waals surface area contributed by atoms with E-state index in [0.29, 0.717) is 5.75 Å². The Morgan fingerprint density at radius 2 is 2.43 bits per heavy atom. The fraction of sp³-hybridized carbons (Fsp3) is 0.556. The van der Waals surface area contributed by atoms with E-state index in [2.05, 4.69) is 17.1 Å². The summed E-state index contributed by atoms with van der Waals surface area (Å²) in [4.78, 5) is 11.0. The van der Waals surface area contributed by atoms with E-state index in [9.17, 15) is 4.79 Å². The molecule has 4 nitrogen and oxygen atoms in total. The number of halogens is 1. The van der Waals surface area contributed by atoms with E-state index in [1.165, 1.54) is 6.20 Å². The van der Waals surface area contributed by atoms with E-state index in [0.717, 1.165) is 12.8 Å². The molecule has 1 atom stereocenters. The van der Waals surface area contributed by atoms with Crippen LogP contribution in [0.4, 0.5) is 0 Å². The quantitative estimate of drug-likeness (QED) is 0.838. The number of aromatic amines is 1. The first-order chi connectivity index (χ1) is 6.65. The lowest BCUT2D eigenvalue weighted by molar-refractivity contribution is 0.208. The van der Waals surface area contributed by atoms with Crippen molar-refractivity contribution in [1.82, 2.24) is 10.2 Å². The Labute approximate surface area is 87.2 Å². The van der Waals surface area contributed by atoms with Crippen molar-refractivity contribution in [3.63, 3.8) is 0 Å². The number of H-pyrrole nitrogens is 1. The van der Waals surface area contributed by atoms with Gasteiger partial charge in [-0.15, -0.1) is 0 Å². The first-order valence-electron chi connectivity index (χ1n) is 4.55. The Kier molecular flexibility index (Phi) is 3.95. The molecule has 0 spiro atoms. The van der Waals surface area contributed by atoms with Gasteiger partial charge in [0.1, 0.15) is 0 Å². The molecule has 1 heterocycles. The summed E-state index contributed by atoms with van der Waals surface area (Å²) >= 11 is 5.73. The van der Waals surface area contributed by atoms with Crippen LogP contribution in [-0.4, -0.2) is 16.3 Å². The van der Waals surface area contributed by atoms with Crippen LogP contribution < -0.4 is 10.3 Å². The van der Waals surface area contributed by atoms with Crippen molar-refractivity contribution in [2.75, 3.05) is 0 Å². The van der Waals surface area contributed by atoms with Crippen LogP contribution in [0.2, 0.25) is 5.02 Å². The van der Waals surface area contributed by atoms with Crippen molar-refractivity contribution in [3.05, 3.63) is 21.6 Å². The monoisotopic (exact) mass is 216 g/mol. The number of nitrogens with zero attached hydrogens (tertiary/aromatic N) is 1. The molecule has 78 valence electrons. The lowest BCUT2D eigenvalue weighted by Gasteiger charge is -2.13. The first kappa shape index (κ1) is 11.0. The highest BCUT2D eigenvalue weighted by atomic mass is 35.5. The molecule has 0 aliphatic carbocycles. The zero-order valence-electron chi connectivity index (χ0n) is 8.21. The number of rotatable bonds is 4. The van der Waals surface area contributed by atoms with Crippen molar-refractivity contribution < 1.29 is 4.74 Å². The summed E-state index contributed by atoms with van der Waals surface area (Å²) in [7, 11) is 0. The maximum Gasteiger partial charge on any atom is 0.286 e. The minimum atomic E-state index is -0.423. The maximum absolute atomic E-state index is 11.0. The third-order valence-corrected chi connectivity index (χ3v) is 2.14. The van der Waals surface area contributed by atoms with Gasteiger partial charge in [-0.3, -0.25) is 4.79 Å². The van der Waals surface area contributed by atoms with Crippen molar-refractivity contribution >= 4 is 11.6 Å². The predicted molar refractivity (Wildman–Crippen MR) is 54.9 cm³/mol. The van der Waals surface area contributed by atoms with Crippen LogP contribution in [0.15, 0.2) is 11.0 Å². The number of aromatic nitrogens is 2. The van der Waals surface area contributed by atoms with Crippen molar-refractivity contribution in [2.45, 2.75) is 32.8 Å². The van der Waals surface area contributed by atoms with Gasteiger partial charge in [-0.1, -0.05) is 24.9 Å². The molecule has 0 aliphatic heterocycles. The van der Waals surface area contributed by atoms with Gasteiger partial charge in [0.25, 0.3) is 5.56 Å². The Morgan fingerprint density at radius 1 is 1.71 bits per heavy atom. The molecule has 0 amide bonds. The third kappa shape index (κ3) is 2.73. The average Bonchev–Trinajstić information content (AvgIpc) is 2.13. The Bertz CT molecular complexity index is 351. The van der Waals surface area contributed by atoms with Gasteiger partial charge in [-0.2, -0.15) is 5.10 Å². The van der Waals surface area contributed by atoms with Crippen LogP contribution in [-0.2, 0) is 0 Å². The summed E-state index contributed by atoms with van der Waals surface area (Å²) in [5.74, 6) is 0.344. The SMILES string of the molecule is CCCC(C)Oc1cn[nH]c(=O)c1Cl. The number of nitrogens with one attached hydrogen (secondary N) is 1. The Hall–Kier alpha value is -1.03. The van der Waals surface area contributed by atoms with Crippen LogP contribution in [0.3, 0.4) is 0 Å². The number of hydrogen-bond acceptors (Lipinski definition) is 3. The Morgan fingerprint density at radius 3 is 3.07 bits per heavy atom. The zero-order valence-corrected chi connectivity index (χ0v) is 8.97. The van der Waals surface area contributed by atoms with Gasteiger partial charge >= 0.3 is 0 Å². The predicted octanol–water partition coefficient (Wildman–Crippen LogP) is 1.99. The summed E-state index contributed by atoms with van der Waals surface area (Å²) in [6.45, 7) is 4.00. The molecule has 1 N–H and O–H groups in total. The molecule has 0 fully saturated rings. The fourth-order valence-corrected chi connectivity index (χ4v) is 1.27. The highest BCUT2D eigenvalue weighted by Gasteiger charge is 2.09. The molecular weight excluding hydrogens is 204 g/mol. The Balaban J connectivity index is 2.76. The van der Waals surface area contributed by atoms with Crippen LogP contribution in [0, 0.1) is 0 Å². The second-order valence-corrected chi connectivity index (χ2v) is 3.47. The molecule has 0 radical (unpaired) electrons. The summed E-state index contributed by atoms with van der Waals surface area (Å²) in [5.41, 5.74) is -0.423. The molecule has 0 saturated carbocycles. The molecule has 5 heteroatoms. The van der Waals surface area contributed by atoms with Gasteiger partial charge < -0.3 is 4.74 Å². The number of hydrogen-bond donors (Lipinski definition) is 1. The van der Waals surface area contributed by atoms with Crippen molar-refractivity contribution in [3.8, 4) is 5.75 Å². The minimum absolute atomic E-state index is 0.0427. The van der Waals surface area contributed by atoms with E-state index in [1.54, 1.807) is 0 Å². The van der Waals surface area contributed by atoms with E-state index in [-0.39, 0.29) is 11.1 Å². The van der Waals surface area contributed by atoms with Crippen LogP contribution in [0.1, 0.15) is 26.7 Å². The van der Waals surface area contributed by atoms with E-state index < -0.39 is 5.56 Å². The highest BCUT2D eigenvalue weighted by Crippen LogP contribution is 2.19. The summed E-state index contributed by atoms with van der Waals surface area (Å²) in [6.07, 6.45) is 3.40. The van der Waals surface area contributed by atoms with Gasteiger partial charge in [0, 0.05) is 0 Å². The largest absolute Gasteiger partial charge is 0.487 e. The normalized spacial score (nSPS) is 12.5. The molecule has 1 unspecified atom stereocenters. The van der Waals surface area contributed by atoms with Gasteiger partial charge in [0.15, 0.2) is 10.8 Å². The van der Waals surface area contributed by atoms with Crippen LogP contribution in [0.5, 0.6) is 5.75 Å². The molecule has 0 bridgehead atoms. The standard InChI is InChI=1S/C9H13ClN2O2/c1-3-4-6(2)14-7-5-11-12-9(13)8(7)10/h5-6H,3-4H2,1-2H3,(H,12,13). The summed E-state index contributed by atoms with van der Waals surface area (Å²) in [5, 5.41) is 5.90. The van der Waals surface area contributed by atoms with Crippen molar-refractivity contribution in [1.29, 1.82) is 0 Å². The topological polar surface area (TPSA) is 55.0 Å². The smallest absolute Gasteiger partial charge is 0.286 e. The molecule has 1 rings (SSSR count). The van der Waals surface area contributed by atoms with Gasteiger partial charge in [-0.25, -0.2) is 5.10 Å². The molecule has 1 aromatic heterocycles. The average molecular weight is 217 g/mol. The molecule has 14 heavy (non-hydrogen) atoms.